The number of aryl methyl sites for hydroxylation is 2. The fourth-order valence-electron chi connectivity index (χ4n) is 1.96. The van der Waals surface area contributed by atoms with Gasteiger partial charge in [-0.2, -0.15) is 4.36 Å². The maximum absolute atomic E-state index is 4.94. The molecule has 0 saturated carbocycles. The van der Waals surface area contributed by atoms with Gasteiger partial charge in [0, 0.05) is 23.6 Å². The minimum atomic E-state index is 0.679. The van der Waals surface area contributed by atoms with Crippen LogP contribution in [0, 0.1) is 13.8 Å². The number of hydrogen-bond acceptors (Lipinski definition) is 3. The number of aliphatic imine (C=N–C) groups is 1. The molecule has 2 rings (SSSR count). The Morgan fingerprint density at radius 1 is 0.800 bits per heavy atom. The van der Waals surface area contributed by atoms with Crippen LogP contribution in [0.15, 0.2) is 57.9 Å². The number of rotatable bonds is 4. The second-order valence-electron chi connectivity index (χ2n) is 4.68. The van der Waals surface area contributed by atoms with Gasteiger partial charge in [-0.25, -0.2) is 0 Å². The molecular weight excluding hydrogens is 264 g/mol. The minimum absolute atomic E-state index is 0.679. The predicted octanol–water partition coefficient (Wildman–Crippen LogP) is 4.56. The smallest absolute Gasteiger partial charge is 0.110 e. The lowest BCUT2D eigenvalue weighted by Crippen LogP contribution is -1.89. The summed E-state index contributed by atoms with van der Waals surface area (Å²) >= 11 is 4.94. The van der Waals surface area contributed by atoms with Crippen LogP contribution < -0.4 is 0 Å². The molecule has 0 aliphatic carbocycles. The van der Waals surface area contributed by atoms with Gasteiger partial charge in [0.1, 0.15) is 5.70 Å². The Morgan fingerprint density at radius 3 is 1.55 bits per heavy atom. The van der Waals surface area contributed by atoms with Crippen molar-refractivity contribution in [3.63, 3.8) is 0 Å². The molecular formula is C17H16N2S. The van der Waals surface area contributed by atoms with Crippen molar-refractivity contribution in [1.82, 2.24) is 0 Å². The topological polar surface area (TPSA) is 24.7 Å². The first-order valence-corrected chi connectivity index (χ1v) is 6.70. The zero-order valence-electron chi connectivity index (χ0n) is 11.6. The fraction of sp³-hybridized carbons (Fsp3) is 0.118. The molecule has 0 aliphatic rings. The van der Waals surface area contributed by atoms with Crippen molar-refractivity contribution in [2.24, 2.45) is 9.36 Å². The van der Waals surface area contributed by atoms with Crippen LogP contribution in [0.25, 0.3) is 11.4 Å². The summed E-state index contributed by atoms with van der Waals surface area (Å²) in [4.78, 5) is 4.13. The monoisotopic (exact) mass is 280 g/mol. The molecule has 0 unspecified atom stereocenters. The summed E-state index contributed by atoms with van der Waals surface area (Å²) in [6.07, 6.45) is 0. The van der Waals surface area contributed by atoms with Crippen LogP contribution >= 0.6 is 0 Å². The highest BCUT2D eigenvalue weighted by Gasteiger charge is 2.09. The minimum Gasteiger partial charge on any atom is -0.262 e. The van der Waals surface area contributed by atoms with Crippen LogP contribution in [0.4, 0.5) is 0 Å². The zero-order chi connectivity index (χ0) is 14.5. The van der Waals surface area contributed by atoms with Crippen molar-refractivity contribution in [2.75, 3.05) is 0 Å². The predicted molar refractivity (Wildman–Crippen MR) is 88.5 cm³/mol. The summed E-state index contributed by atoms with van der Waals surface area (Å²) in [6.45, 7) is 7.75. The van der Waals surface area contributed by atoms with Gasteiger partial charge in [0.15, 0.2) is 0 Å². The van der Waals surface area contributed by atoms with E-state index in [1.807, 2.05) is 62.4 Å². The Hall–Kier alpha value is -2.13. The molecule has 0 radical (unpaired) electrons. The number of nitrogens with zero attached hydrogens (tertiary/aromatic N) is 2. The Labute approximate surface area is 125 Å². The highest BCUT2D eigenvalue weighted by Crippen LogP contribution is 2.28. The van der Waals surface area contributed by atoms with E-state index in [2.05, 4.69) is 16.1 Å². The third kappa shape index (κ3) is 3.06. The lowest BCUT2D eigenvalue weighted by Gasteiger charge is -2.08. The largest absolute Gasteiger partial charge is 0.262 e. The second-order valence-corrected chi connectivity index (χ2v) is 4.86. The zero-order valence-corrected chi connectivity index (χ0v) is 12.4. The van der Waals surface area contributed by atoms with E-state index in [1.54, 1.807) is 0 Å². The number of benzene rings is 2. The molecule has 2 aromatic rings. The summed E-state index contributed by atoms with van der Waals surface area (Å²) in [7, 11) is 0. The van der Waals surface area contributed by atoms with Crippen molar-refractivity contribution in [2.45, 2.75) is 13.8 Å². The Bertz CT molecular complexity index is 593. The maximum Gasteiger partial charge on any atom is 0.110 e. The lowest BCUT2D eigenvalue weighted by molar-refractivity contribution is 1.40. The quantitative estimate of drug-likeness (QED) is 0.595. The first-order valence-electron chi connectivity index (χ1n) is 6.34. The summed E-state index contributed by atoms with van der Waals surface area (Å²) in [5.41, 5.74) is 5.70. The van der Waals surface area contributed by atoms with Gasteiger partial charge in [-0.1, -0.05) is 59.7 Å². The Morgan fingerprint density at radius 2 is 1.20 bits per heavy atom. The van der Waals surface area contributed by atoms with E-state index in [-0.39, 0.29) is 0 Å². The van der Waals surface area contributed by atoms with E-state index < -0.39 is 0 Å². The molecule has 0 aliphatic heterocycles. The molecule has 0 heterocycles. The van der Waals surface area contributed by atoms with Gasteiger partial charge in [-0.15, -0.1) is 0 Å². The fourth-order valence-corrected chi connectivity index (χ4v) is 2.15. The van der Waals surface area contributed by atoms with Crippen molar-refractivity contribution in [1.29, 1.82) is 0 Å². The third-order valence-electron chi connectivity index (χ3n) is 3.12. The van der Waals surface area contributed by atoms with Crippen LogP contribution in [0.2, 0.25) is 0 Å². The van der Waals surface area contributed by atoms with E-state index in [0.717, 1.165) is 11.1 Å². The molecule has 0 bridgehead atoms. The highest BCUT2D eigenvalue weighted by atomic mass is 32.1. The Kier molecular flexibility index (Phi) is 4.53. The Balaban J connectivity index is 2.58. The summed E-state index contributed by atoms with van der Waals surface area (Å²) < 4.78 is 3.99. The molecule has 2 aromatic carbocycles. The molecule has 0 aromatic heterocycles. The van der Waals surface area contributed by atoms with Crippen LogP contribution in [-0.2, 0) is 12.4 Å². The van der Waals surface area contributed by atoms with Gasteiger partial charge in [0.25, 0.3) is 0 Å². The van der Waals surface area contributed by atoms with E-state index >= 15 is 0 Å². The van der Waals surface area contributed by atoms with Gasteiger partial charge < -0.3 is 0 Å². The van der Waals surface area contributed by atoms with Gasteiger partial charge in [0.2, 0.25) is 0 Å². The average molecular weight is 280 g/mol. The van der Waals surface area contributed by atoms with Crippen molar-refractivity contribution in [3.8, 4) is 0 Å². The number of hydrogen-bond donors (Lipinski definition) is 0. The molecule has 3 heteroatoms. The average Bonchev–Trinajstić information content (AvgIpc) is 2.47. The first-order chi connectivity index (χ1) is 9.65. The normalized spacial score (nSPS) is 11.7. The molecule has 0 spiro atoms. The molecule has 0 saturated heterocycles. The van der Waals surface area contributed by atoms with Crippen LogP contribution in [0.3, 0.4) is 0 Å². The van der Waals surface area contributed by atoms with Crippen LogP contribution in [0.1, 0.15) is 22.3 Å². The van der Waals surface area contributed by atoms with Crippen LogP contribution in [-0.4, -0.2) is 6.72 Å². The maximum atomic E-state index is 4.94. The molecule has 2 nitrogen and oxygen atoms in total. The van der Waals surface area contributed by atoms with Gasteiger partial charge in [-0.3, -0.25) is 4.99 Å². The molecule has 0 amide bonds. The van der Waals surface area contributed by atoms with Crippen LogP contribution in [0.5, 0.6) is 0 Å². The van der Waals surface area contributed by atoms with Crippen molar-refractivity contribution < 1.29 is 0 Å². The molecule has 20 heavy (non-hydrogen) atoms. The first kappa shape index (κ1) is 14.3. The van der Waals surface area contributed by atoms with E-state index in [0.29, 0.717) is 11.4 Å². The molecule has 0 fully saturated rings. The van der Waals surface area contributed by atoms with E-state index in [4.69, 9.17) is 12.4 Å². The second kappa shape index (κ2) is 6.35. The summed E-state index contributed by atoms with van der Waals surface area (Å²) in [5.74, 6) is 0. The molecule has 100 valence electrons. The van der Waals surface area contributed by atoms with Gasteiger partial charge in [0.05, 0.1) is 5.70 Å². The lowest BCUT2D eigenvalue weighted by atomic mass is 10.0. The third-order valence-corrected chi connectivity index (χ3v) is 3.31. The highest BCUT2D eigenvalue weighted by molar-refractivity contribution is 7.47. The van der Waals surface area contributed by atoms with Crippen molar-refractivity contribution in [3.05, 3.63) is 70.8 Å². The van der Waals surface area contributed by atoms with Gasteiger partial charge >= 0.3 is 0 Å². The van der Waals surface area contributed by atoms with E-state index in [9.17, 15) is 0 Å². The molecule has 0 atom stereocenters. The molecule has 0 N–H and O–H groups in total. The standard InChI is InChI=1S/C17H16N2S/c1-12-4-8-14(9-5-12)16(18-3)17(19-20)15-10-6-13(2)7-11-15/h4-11H,3H2,1-2H3/b17-16+. The van der Waals surface area contributed by atoms with Gasteiger partial charge in [-0.05, 0) is 20.6 Å². The summed E-state index contributed by atoms with van der Waals surface area (Å²) in [5, 5.41) is 0. The van der Waals surface area contributed by atoms with Crippen molar-refractivity contribution >= 4 is 30.5 Å². The van der Waals surface area contributed by atoms with E-state index in [1.165, 1.54) is 11.1 Å². The summed E-state index contributed by atoms with van der Waals surface area (Å²) in [6, 6.07) is 16.2. The SMILES string of the molecule is C=N/C(=C(/N=S)c1ccc(C)cc1)c1ccc(C)cc1.